The SMILES string of the molecule is O=C(c1ccccc1)c1ccc(N[C@H]2CCN(C(=O)c3ccccn3)C2)c([N+](=O)[O-])c1. The molecule has 156 valence electrons. The maximum absolute atomic E-state index is 12.6. The highest BCUT2D eigenvalue weighted by Crippen LogP contribution is 2.29. The molecule has 8 heteroatoms. The molecule has 0 aliphatic carbocycles. The molecule has 1 aliphatic rings. The minimum atomic E-state index is -0.504. The van der Waals surface area contributed by atoms with Crippen molar-refractivity contribution in [2.24, 2.45) is 0 Å². The zero-order valence-electron chi connectivity index (χ0n) is 16.6. The summed E-state index contributed by atoms with van der Waals surface area (Å²) in [6.45, 7) is 0.947. The second-order valence-corrected chi connectivity index (χ2v) is 7.28. The number of nitrogens with zero attached hydrogens (tertiary/aromatic N) is 3. The molecule has 1 saturated heterocycles. The first-order chi connectivity index (χ1) is 15.0. The van der Waals surface area contributed by atoms with Gasteiger partial charge in [0.2, 0.25) is 0 Å². The van der Waals surface area contributed by atoms with E-state index in [-0.39, 0.29) is 29.0 Å². The Balaban J connectivity index is 1.49. The van der Waals surface area contributed by atoms with Crippen molar-refractivity contribution in [1.29, 1.82) is 0 Å². The van der Waals surface area contributed by atoms with Gasteiger partial charge in [0, 0.05) is 42.5 Å². The maximum Gasteiger partial charge on any atom is 0.293 e. The minimum Gasteiger partial charge on any atom is -0.375 e. The van der Waals surface area contributed by atoms with E-state index in [9.17, 15) is 19.7 Å². The number of hydrogen-bond donors (Lipinski definition) is 1. The number of amides is 1. The molecule has 8 nitrogen and oxygen atoms in total. The molecule has 1 fully saturated rings. The third-order valence-electron chi connectivity index (χ3n) is 5.21. The normalized spacial score (nSPS) is 15.5. The first-order valence-electron chi connectivity index (χ1n) is 9.88. The van der Waals surface area contributed by atoms with E-state index < -0.39 is 4.92 Å². The van der Waals surface area contributed by atoms with E-state index in [0.29, 0.717) is 36.5 Å². The van der Waals surface area contributed by atoms with Gasteiger partial charge in [-0.1, -0.05) is 36.4 Å². The lowest BCUT2D eigenvalue weighted by Crippen LogP contribution is -2.32. The van der Waals surface area contributed by atoms with E-state index in [4.69, 9.17) is 0 Å². The molecule has 0 radical (unpaired) electrons. The van der Waals surface area contributed by atoms with E-state index in [0.717, 1.165) is 0 Å². The molecule has 1 amide bonds. The van der Waals surface area contributed by atoms with Crippen LogP contribution in [0.5, 0.6) is 0 Å². The highest BCUT2D eigenvalue weighted by Gasteiger charge is 2.29. The number of aromatic nitrogens is 1. The topological polar surface area (TPSA) is 105 Å². The van der Waals surface area contributed by atoms with E-state index >= 15 is 0 Å². The van der Waals surface area contributed by atoms with E-state index in [1.807, 2.05) is 0 Å². The molecule has 4 rings (SSSR count). The zero-order valence-corrected chi connectivity index (χ0v) is 16.6. The van der Waals surface area contributed by atoms with Crippen molar-refractivity contribution < 1.29 is 14.5 Å². The van der Waals surface area contributed by atoms with Crippen molar-refractivity contribution in [2.75, 3.05) is 18.4 Å². The predicted octanol–water partition coefficient (Wildman–Crippen LogP) is 3.55. The number of nitro groups is 1. The summed E-state index contributed by atoms with van der Waals surface area (Å²) >= 11 is 0. The predicted molar refractivity (Wildman–Crippen MR) is 115 cm³/mol. The Morgan fingerprint density at radius 3 is 2.52 bits per heavy atom. The van der Waals surface area contributed by atoms with E-state index in [2.05, 4.69) is 10.3 Å². The first kappa shape index (κ1) is 20.2. The number of nitrogens with one attached hydrogen (secondary N) is 1. The highest BCUT2D eigenvalue weighted by atomic mass is 16.6. The van der Waals surface area contributed by atoms with Crippen LogP contribution in [0.15, 0.2) is 72.9 Å². The third-order valence-corrected chi connectivity index (χ3v) is 5.21. The lowest BCUT2D eigenvalue weighted by atomic mass is 10.0. The number of pyridine rings is 1. The summed E-state index contributed by atoms with van der Waals surface area (Å²) in [4.78, 5) is 42.1. The van der Waals surface area contributed by atoms with Gasteiger partial charge in [0.15, 0.2) is 5.78 Å². The molecule has 0 spiro atoms. The molecule has 2 heterocycles. The van der Waals surface area contributed by atoms with Crippen LogP contribution in [0.2, 0.25) is 0 Å². The number of benzene rings is 2. The lowest BCUT2D eigenvalue weighted by Gasteiger charge is -2.17. The fourth-order valence-electron chi connectivity index (χ4n) is 3.64. The summed E-state index contributed by atoms with van der Waals surface area (Å²) in [5.74, 6) is -0.438. The van der Waals surface area contributed by atoms with Crippen molar-refractivity contribution in [3.63, 3.8) is 0 Å². The number of carbonyl (C=O) groups is 2. The van der Waals surface area contributed by atoms with Crippen LogP contribution in [0.3, 0.4) is 0 Å². The second-order valence-electron chi connectivity index (χ2n) is 7.28. The quantitative estimate of drug-likeness (QED) is 0.374. The molecule has 3 aromatic rings. The number of carbonyl (C=O) groups excluding carboxylic acids is 2. The first-order valence-corrected chi connectivity index (χ1v) is 9.88. The van der Waals surface area contributed by atoms with Crippen LogP contribution in [0.1, 0.15) is 32.8 Å². The molecule has 31 heavy (non-hydrogen) atoms. The molecule has 0 saturated carbocycles. The Kier molecular flexibility index (Phi) is 5.70. The number of nitro benzene ring substituents is 1. The van der Waals surface area contributed by atoms with E-state index in [1.54, 1.807) is 71.8 Å². The summed E-state index contributed by atoms with van der Waals surface area (Å²) in [5.41, 5.74) is 1.25. The van der Waals surface area contributed by atoms with Crippen LogP contribution in [-0.2, 0) is 0 Å². The number of hydrogen-bond acceptors (Lipinski definition) is 6. The van der Waals surface area contributed by atoms with Gasteiger partial charge >= 0.3 is 0 Å². The summed E-state index contributed by atoms with van der Waals surface area (Å²) < 4.78 is 0. The van der Waals surface area contributed by atoms with Gasteiger partial charge in [0.05, 0.1) is 4.92 Å². The standard InChI is InChI=1S/C23H20N4O4/c28-22(16-6-2-1-3-7-16)17-9-10-19(21(14-17)27(30)31)25-18-11-13-26(15-18)23(29)20-8-4-5-12-24-20/h1-10,12,14,18,25H,11,13,15H2/t18-/m0/s1. The largest absolute Gasteiger partial charge is 0.375 e. The van der Waals surface area contributed by atoms with Gasteiger partial charge in [-0.05, 0) is 30.7 Å². The number of ketones is 1. The van der Waals surface area contributed by atoms with Crippen molar-refractivity contribution in [3.8, 4) is 0 Å². The van der Waals surface area contributed by atoms with Crippen LogP contribution in [0, 0.1) is 10.1 Å². The number of rotatable bonds is 6. The smallest absolute Gasteiger partial charge is 0.293 e. The van der Waals surface area contributed by atoms with Gasteiger partial charge in [-0.3, -0.25) is 24.7 Å². The molecule has 1 atom stereocenters. The Morgan fingerprint density at radius 1 is 1.03 bits per heavy atom. The van der Waals surface area contributed by atoms with Gasteiger partial charge in [-0.2, -0.15) is 0 Å². The summed E-state index contributed by atoms with van der Waals surface area (Å²) in [6.07, 6.45) is 2.22. The summed E-state index contributed by atoms with van der Waals surface area (Å²) in [6, 6.07) is 18.1. The van der Waals surface area contributed by atoms with Crippen molar-refractivity contribution in [3.05, 3.63) is 99.9 Å². The fourth-order valence-corrected chi connectivity index (χ4v) is 3.64. The summed E-state index contributed by atoms with van der Waals surface area (Å²) in [7, 11) is 0. The highest BCUT2D eigenvalue weighted by molar-refractivity contribution is 6.09. The molecule has 0 bridgehead atoms. The average molecular weight is 416 g/mol. The van der Waals surface area contributed by atoms with Crippen molar-refractivity contribution in [2.45, 2.75) is 12.5 Å². The maximum atomic E-state index is 12.6. The van der Waals surface area contributed by atoms with Gasteiger partial charge in [0.1, 0.15) is 11.4 Å². The van der Waals surface area contributed by atoms with Crippen molar-refractivity contribution >= 4 is 23.1 Å². The number of anilines is 1. The molecule has 1 aliphatic heterocycles. The monoisotopic (exact) mass is 416 g/mol. The average Bonchev–Trinajstić information content (AvgIpc) is 3.28. The Labute approximate surface area is 178 Å². The van der Waals surface area contributed by atoms with Crippen LogP contribution in [-0.4, -0.2) is 45.6 Å². The second kappa shape index (κ2) is 8.74. The Hall–Kier alpha value is -4.07. The lowest BCUT2D eigenvalue weighted by molar-refractivity contribution is -0.384. The van der Waals surface area contributed by atoms with Crippen molar-refractivity contribution in [1.82, 2.24) is 9.88 Å². The molecule has 2 aromatic carbocycles. The zero-order chi connectivity index (χ0) is 21.8. The molecule has 1 N–H and O–H groups in total. The Morgan fingerprint density at radius 2 is 1.81 bits per heavy atom. The van der Waals surface area contributed by atoms with Crippen LogP contribution >= 0.6 is 0 Å². The molecular weight excluding hydrogens is 396 g/mol. The minimum absolute atomic E-state index is 0.137. The van der Waals surface area contributed by atoms with E-state index in [1.165, 1.54) is 6.07 Å². The third kappa shape index (κ3) is 4.42. The Bertz CT molecular complexity index is 1120. The van der Waals surface area contributed by atoms with Crippen LogP contribution in [0.25, 0.3) is 0 Å². The molecule has 0 unspecified atom stereocenters. The van der Waals surface area contributed by atoms with Gasteiger partial charge in [0.25, 0.3) is 11.6 Å². The number of likely N-dealkylation sites (tertiary alicyclic amines) is 1. The summed E-state index contributed by atoms with van der Waals surface area (Å²) in [5, 5.41) is 14.8. The molecule has 1 aromatic heterocycles. The van der Waals surface area contributed by atoms with Crippen LogP contribution in [0.4, 0.5) is 11.4 Å². The molecular formula is C23H20N4O4. The van der Waals surface area contributed by atoms with Gasteiger partial charge in [-0.15, -0.1) is 0 Å². The fraction of sp³-hybridized carbons (Fsp3) is 0.174. The van der Waals surface area contributed by atoms with Gasteiger partial charge < -0.3 is 10.2 Å². The van der Waals surface area contributed by atoms with Gasteiger partial charge in [-0.25, -0.2) is 0 Å². The van der Waals surface area contributed by atoms with Crippen LogP contribution < -0.4 is 5.32 Å².